The molecule has 1 aromatic rings. The number of aliphatic hydroxyl groups excluding tert-OH is 1. The highest BCUT2D eigenvalue weighted by Crippen LogP contribution is 2.27. The van der Waals surface area contributed by atoms with Gasteiger partial charge < -0.3 is 10.2 Å². The number of aliphatic carboxylic acids is 1. The van der Waals surface area contributed by atoms with Gasteiger partial charge in [0.05, 0.1) is 6.10 Å². The Balaban J connectivity index is 1.76. The van der Waals surface area contributed by atoms with Crippen molar-refractivity contribution in [3.05, 3.63) is 72.4 Å². The first kappa shape index (κ1) is 20.8. The van der Waals surface area contributed by atoms with Crippen LogP contribution in [0.25, 0.3) is 0 Å². The van der Waals surface area contributed by atoms with E-state index >= 15 is 0 Å². The molecule has 0 aromatic heterocycles. The molecule has 1 aromatic carbocycles. The molecule has 0 aliphatic heterocycles. The van der Waals surface area contributed by atoms with E-state index in [1.54, 1.807) is 12.2 Å². The smallest absolute Gasteiger partial charge is 0.303 e. The summed E-state index contributed by atoms with van der Waals surface area (Å²) >= 11 is 0. The molecular formula is C23H28O4. The standard InChI is InChI=1S/C23H28O4/c24-20(15-12-18-8-4-3-5-9-18)16-13-19-14-17-22(25)21(19)10-6-1-2-7-11-23(26)27/h1,3-6,8-9,13-14,16-17,19-21,24H,2,7,10-12,15H2,(H,26,27)/b6-1-,16-13?/t19-,20-,21+/m0/s1. The van der Waals surface area contributed by atoms with Crippen molar-refractivity contribution in [3.63, 3.8) is 0 Å². The Hall–Kier alpha value is -2.46. The van der Waals surface area contributed by atoms with Crippen LogP contribution in [0.2, 0.25) is 0 Å². The zero-order chi connectivity index (χ0) is 19.5. The maximum absolute atomic E-state index is 12.1. The van der Waals surface area contributed by atoms with Gasteiger partial charge in [-0.25, -0.2) is 0 Å². The van der Waals surface area contributed by atoms with Crippen LogP contribution in [0.1, 0.15) is 37.7 Å². The third kappa shape index (κ3) is 7.75. The van der Waals surface area contributed by atoms with Crippen LogP contribution in [0.5, 0.6) is 0 Å². The third-order valence-corrected chi connectivity index (χ3v) is 4.76. The Morgan fingerprint density at radius 1 is 1.19 bits per heavy atom. The Labute approximate surface area is 160 Å². The van der Waals surface area contributed by atoms with Crippen LogP contribution >= 0.6 is 0 Å². The SMILES string of the molecule is O=C(O)CCC/C=C\C[C@H]1C(=O)C=C[C@@H]1C=C[C@@H](O)CCc1ccccc1. The molecule has 0 saturated carbocycles. The van der Waals surface area contributed by atoms with E-state index in [0.29, 0.717) is 25.7 Å². The van der Waals surface area contributed by atoms with Crippen LogP contribution in [0.4, 0.5) is 0 Å². The van der Waals surface area contributed by atoms with E-state index in [0.717, 1.165) is 6.42 Å². The van der Waals surface area contributed by atoms with Gasteiger partial charge in [-0.2, -0.15) is 0 Å². The quantitative estimate of drug-likeness (QED) is 0.455. The predicted octanol–water partition coefficient (Wildman–Crippen LogP) is 4.11. The summed E-state index contributed by atoms with van der Waals surface area (Å²) in [5.41, 5.74) is 1.20. The molecule has 3 atom stereocenters. The van der Waals surface area contributed by atoms with Crippen LogP contribution in [0.3, 0.4) is 0 Å². The van der Waals surface area contributed by atoms with E-state index in [-0.39, 0.29) is 24.0 Å². The lowest BCUT2D eigenvalue weighted by atomic mass is 9.90. The van der Waals surface area contributed by atoms with Gasteiger partial charge in [0.25, 0.3) is 0 Å². The highest BCUT2D eigenvalue weighted by molar-refractivity contribution is 5.95. The molecule has 2 rings (SSSR count). The number of aliphatic hydroxyl groups is 1. The average molecular weight is 368 g/mol. The largest absolute Gasteiger partial charge is 0.481 e. The summed E-state index contributed by atoms with van der Waals surface area (Å²) in [4.78, 5) is 22.5. The van der Waals surface area contributed by atoms with E-state index in [9.17, 15) is 14.7 Å². The minimum absolute atomic E-state index is 0.00699. The molecule has 0 radical (unpaired) electrons. The minimum atomic E-state index is -0.783. The van der Waals surface area contributed by atoms with E-state index in [4.69, 9.17) is 5.11 Å². The van der Waals surface area contributed by atoms with Crippen molar-refractivity contribution in [1.29, 1.82) is 0 Å². The molecule has 27 heavy (non-hydrogen) atoms. The average Bonchev–Trinajstić information content (AvgIpc) is 3.01. The fourth-order valence-corrected chi connectivity index (χ4v) is 3.17. The van der Waals surface area contributed by atoms with Gasteiger partial charge >= 0.3 is 5.97 Å². The van der Waals surface area contributed by atoms with Gasteiger partial charge in [0.2, 0.25) is 0 Å². The molecule has 144 valence electrons. The summed E-state index contributed by atoms with van der Waals surface area (Å²) in [7, 11) is 0. The first-order valence-corrected chi connectivity index (χ1v) is 9.55. The van der Waals surface area contributed by atoms with Gasteiger partial charge in [-0.15, -0.1) is 0 Å². The molecule has 0 amide bonds. The second-order valence-electron chi connectivity index (χ2n) is 6.91. The number of carboxylic acids is 1. The molecule has 1 aliphatic carbocycles. The van der Waals surface area contributed by atoms with E-state index < -0.39 is 12.1 Å². The molecule has 0 spiro atoms. The molecule has 0 bridgehead atoms. The summed E-state index contributed by atoms with van der Waals surface area (Å²) in [6.45, 7) is 0. The number of hydrogen-bond donors (Lipinski definition) is 2. The van der Waals surface area contributed by atoms with E-state index in [2.05, 4.69) is 0 Å². The van der Waals surface area contributed by atoms with Gasteiger partial charge in [0, 0.05) is 18.3 Å². The molecular weight excluding hydrogens is 340 g/mol. The topological polar surface area (TPSA) is 74.6 Å². The molecule has 0 saturated heterocycles. The number of ketones is 1. The van der Waals surface area contributed by atoms with Crippen molar-refractivity contribution >= 4 is 11.8 Å². The van der Waals surface area contributed by atoms with Gasteiger partial charge in [-0.3, -0.25) is 9.59 Å². The Morgan fingerprint density at radius 3 is 2.70 bits per heavy atom. The first-order chi connectivity index (χ1) is 13.1. The zero-order valence-corrected chi connectivity index (χ0v) is 15.5. The number of unbranched alkanes of at least 4 members (excludes halogenated alkanes) is 1. The first-order valence-electron chi connectivity index (χ1n) is 9.55. The summed E-state index contributed by atoms with van der Waals surface area (Å²) in [5.74, 6) is -0.793. The summed E-state index contributed by atoms with van der Waals surface area (Å²) in [6, 6.07) is 10.1. The van der Waals surface area contributed by atoms with Gasteiger partial charge in [-0.1, -0.05) is 60.7 Å². The Bertz CT molecular complexity index is 688. The minimum Gasteiger partial charge on any atom is -0.481 e. The number of carbonyl (C=O) groups excluding carboxylic acids is 1. The molecule has 0 heterocycles. The molecule has 2 N–H and O–H groups in total. The molecule has 0 fully saturated rings. The number of carbonyl (C=O) groups is 2. The van der Waals surface area contributed by atoms with Crippen LogP contribution in [-0.4, -0.2) is 28.1 Å². The lowest BCUT2D eigenvalue weighted by Gasteiger charge is -2.13. The highest BCUT2D eigenvalue weighted by atomic mass is 16.4. The summed E-state index contributed by atoms with van der Waals surface area (Å²) < 4.78 is 0. The highest BCUT2D eigenvalue weighted by Gasteiger charge is 2.27. The maximum Gasteiger partial charge on any atom is 0.303 e. The van der Waals surface area contributed by atoms with Gasteiger partial charge in [0.15, 0.2) is 5.78 Å². The van der Waals surface area contributed by atoms with Crippen LogP contribution in [0.15, 0.2) is 66.8 Å². The van der Waals surface area contributed by atoms with Crippen LogP contribution < -0.4 is 0 Å². The van der Waals surface area contributed by atoms with Crippen molar-refractivity contribution in [2.75, 3.05) is 0 Å². The molecule has 4 nitrogen and oxygen atoms in total. The van der Waals surface area contributed by atoms with Crippen LogP contribution in [-0.2, 0) is 16.0 Å². The molecule has 0 unspecified atom stereocenters. The normalized spacial score (nSPS) is 20.7. The maximum atomic E-state index is 12.1. The number of aryl methyl sites for hydroxylation is 1. The van der Waals surface area contributed by atoms with Crippen molar-refractivity contribution in [2.45, 2.75) is 44.6 Å². The zero-order valence-electron chi connectivity index (χ0n) is 15.5. The molecule has 4 heteroatoms. The number of carboxylic acid groups (broad SMARTS) is 1. The van der Waals surface area contributed by atoms with E-state index in [1.165, 1.54) is 5.56 Å². The predicted molar refractivity (Wildman–Crippen MR) is 106 cm³/mol. The second-order valence-corrected chi connectivity index (χ2v) is 6.91. The van der Waals surface area contributed by atoms with Gasteiger partial charge in [-0.05, 0) is 43.7 Å². The number of allylic oxidation sites excluding steroid dienone is 5. The second kappa shape index (κ2) is 11.3. The van der Waals surface area contributed by atoms with E-state index in [1.807, 2.05) is 54.6 Å². The third-order valence-electron chi connectivity index (χ3n) is 4.76. The van der Waals surface area contributed by atoms with Crippen molar-refractivity contribution in [2.24, 2.45) is 11.8 Å². The van der Waals surface area contributed by atoms with Crippen molar-refractivity contribution in [3.8, 4) is 0 Å². The van der Waals surface area contributed by atoms with Crippen LogP contribution in [0, 0.1) is 11.8 Å². The number of benzene rings is 1. The lowest BCUT2D eigenvalue weighted by molar-refractivity contribution is -0.137. The fourth-order valence-electron chi connectivity index (χ4n) is 3.17. The lowest BCUT2D eigenvalue weighted by Crippen LogP contribution is -2.14. The summed E-state index contributed by atoms with van der Waals surface area (Å²) in [5, 5.41) is 18.8. The molecule has 1 aliphatic rings. The monoisotopic (exact) mass is 368 g/mol. The van der Waals surface area contributed by atoms with Gasteiger partial charge in [0.1, 0.15) is 0 Å². The van der Waals surface area contributed by atoms with Crippen molar-refractivity contribution in [1.82, 2.24) is 0 Å². The number of hydrogen-bond acceptors (Lipinski definition) is 3. The fraction of sp³-hybridized carbons (Fsp3) is 0.391. The number of rotatable bonds is 11. The Kier molecular flexibility index (Phi) is 8.72. The summed E-state index contributed by atoms with van der Waals surface area (Å²) in [6.07, 6.45) is 14.2. The Morgan fingerprint density at radius 2 is 1.96 bits per heavy atom. The van der Waals surface area contributed by atoms with Crippen molar-refractivity contribution < 1.29 is 19.8 Å².